The van der Waals surface area contributed by atoms with E-state index in [4.69, 9.17) is 4.74 Å². The van der Waals surface area contributed by atoms with Crippen molar-refractivity contribution in [3.8, 4) is 0 Å². The maximum absolute atomic E-state index is 11.2. The molecule has 1 atom stereocenters. The third kappa shape index (κ3) is 2.57. The summed E-state index contributed by atoms with van der Waals surface area (Å²) in [5.74, 6) is -0.123. The van der Waals surface area contributed by atoms with Crippen LogP contribution in [0.1, 0.15) is 17.5 Å². The summed E-state index contributed by atoms with van der Waals surface area (Å²) in [5, 5.41) is 3.19. The van der Waals surface area contributed by atoms with Crippen molar-refractivity contribution in [3.63, 3.8) is 0 Å². The van der Waals surface area contributed by atoms with E-state index in [2.05, 4.69) is 36.5 Å². The highest BCUT2D eigenvalue weighted by Gasteiger charge is 2.25. The number of hydrogen-bond donors (Lipinski definition) is 1. The Labute approximate surface area is 89.4 Å². The Morgan fingerprint density at radius 2 is 2.13 bits per heavy atom. The molecule has 15 heavy (non-hydrogen) atoms. The summed E-state index contributed by atoms with van der Waals surface area (Å²) in [6.07, 6.45) is 0.782. The first kappa shape index (κ1) is 10.2. The molecule has 3 heteroatoms. The molecule has 0 radical (unpaired) electrons. The molecule has 1 saturated heterocycles. The van der Waals surface area contributed by atoms with Crippen molar-refractivity contribution in [2.45, 2.75) is 25.9 Å². The van der Waals surface area contributed by atoms with Crippen LogP contribution >= 0.6 is 0 Å². The Morgan fingerprint density at radius 3 is 2.73 bits per heavy atom. The van der Waals surface area contributed by atoms with Gasteiger partial charge in [-0.2, -0.15) is 0 Å². The Morgan fingerprint density at radius 1 is 1.40 bits per heavy atom. The molecule has 0 amide bonds. The molecule has 0 bridgehead atoms. The number of hydrogen-bond acceptors (Lipinski definition) is 3. The molecule has 1 aliphatic rings. The van der Waals surface area contributed by atoms with E-state index >= 15 is 0 Å². The lowest BCUT2D eigenvalue weighted by Gasteiger charge is -2.08. The minimum atomic E-state index is -0.123. The summed E-state index contributed by atoms with van der Waals surface area (Å²) in [6, 6.07) is 8.17. The fraction of sp³-hybridized carbons (Fsp3) is 0.417. The van der Waals surface area contributed by atoms with E-state index in [1.165, 1.54) is 11.1 Å². The van der Waals surface area contributed by atoms with E-state index in [-0.39, 0.29) is 12.0 Å². The topological polar surface area (TPSA) is 38.3 Å². The van der Waals surface area contributed by atoms with Gasteiger partial charge in [-0.1, -0.05) is 29.8 Å². The molecular formula is C12H15NO2. The first-order valence-electron chi connectivity index (χ1n) is 5.21. The molecule has 1 unspecified atom stereocenters. The Bertz CT molecular complexity index is 345. The summed E-state index contributed by atoms with van der Waals surface area (Å²) < 4.78 is 4.87. The van der Waals surface area contributed by atoms with Crippen molar-refractivity contribution in [2.75, 3.05) is 6.61 Å². The average Bonchev–Trinajstić information content (AvgIpc) is 2.63. The molecule has 80 valence electrons. The summed E-state index contributed by atoms with van der Waals surface area (Å²) in [5.41, 5.74) is 2.44. The quantitative estimate of drug-likeness (QED) is 0.758. The van der Waals surface area contributed by atoms with Crippen LogP contribution in [0.25, 0.3) is 0 Å². The Balaban J connectivity index is 1.87. The van der Waals surface area contributed by atoms with E-state index in [0.29, 0.717) is 6.61 Å². The summed E-state index contributed by atoms with van der Waals surface area (Å²) in [7, 11) is 0. The molecule has 3 nitrogen and oxygen atoms in total. The highest BCUT2D eigenvalue weighted by atomic mass is 16.5. The zero-order valence-electron chi connectivity index (χ0n) is 8.82. The smallest absolute Gasteiger partial charge is 0.323 e. The third-order valence-corrected chi connectivity index (χ3v) is 2.61. The molecule has 1 N–H and O–H groups in total. The number of esters is 1. The first-order valence-corrected chi connectivity index (χ1v) is 5.21. The van der Waals surface area contributed by atoms with Crippen molar-refractivity contribution in [2.24, 2.45) is 0 Å². The molecule has 0 aliphatic carbocycles. The standard InChI is InChI=1S/C12H15NO2/c1-9-2-4-10(5-3-9)8-13-11-6-7-15-12(11)14/h2-5,11,13H,6-8H2,1H3. The Kier molecular flexibility index (Phi) is 3.02. The van der Waals surface area contributed by atoms with Crippen molar-refractivity contribution in [1.29, 1.82) is 0 Å². The van der Waals surface area contributed by atoms with Gasteiger partial charge in [-0.3, -0.25) is 4.79 Å². The minimum absolute atomic E-state index is 0.119. The lowest BCUT2D eigenvalue weighted by atomic mass is 10.1. The van der Waals surface area contributed by atoms with Crippen LogP contribution in [0.3, 0.4) is 0 Å². The van der Waals surface area contributed by atoms with Crippen molar-refractivity contribution in [1.82, 2.24) is 5.32 Å². The number of cyclic esters (lactones) is 1. The van der Waals surface area contributed by atoms with E-state index in [1.54, 1.807) is 0 Å². The fourth-order valence-electron chi connectivity index (χ4n) is 1.63. The monoisotopic (exact) mass is 205 g/mol. The zero-order valence-corrected chi connectivity index (χ0v) is 8.82. The minimum Gasteiger partial charge on any atom is -0.464 e. The maximum Gasteiger partial charge on any atom is 0.323 e. The van der Waals surface area contributed by atoms with E-state index in [9.17, 15) is 4.79 Å². The number of carbonyl (C=O) groups is 1. The molecular weight excluding hydrogens is 190 g/mol. The second kappa shape index (κ2) is 4.45. The summed E-state index contributed by atoms with van der Waals surface area (Å²) >= 11 is 0. The second-order valence-electron chi connectivity index (χ2n) is 3.88. The molecule has 0 saturated carbocycles. The van der Waals surface area contributed by atoms with Crippen molar-refractivity contribution >= 4 is 5.97 Å². The van der Waals surface area contributed by atoms with Gasteiger partial charge in [0.2, 0.25) is 0 Å². The van der Waals surface area contributed by atoms with Crippen LogP contribution in [0.2, 0.25) is 0 Å². The van der Waals surface area contributed by atoms with Crippen LogP contribution in [0.4, 0.5) is 0 Å². The normalized spacial score (nSPS) is 20.3. The van der Waals surface area contributed by atoms with Crippen molar-refractivity contribution < 1.29 is 9.53 Å². The van der Waals surface area contributed by atoms with Gasteiger partial charge in [0.25, 0.3) is 0 Å². The van der Waals surface area contributed by atoms with Crippen molar-refractivity contribution in [3.05, 3.63) is 35.4 Å². The highest BCUT2D eigenvalue weighted by Crippen LogP contribution is 2.08. The van der Waals surface area contributed by atoms with Gasteiger partial charge in [-0.25, -0.2) is 0 Å². The van der Waals surface area contributed by atoms with Gasteiger partial charge in [0, 0.05) is 13.0 Å². The molecule has 1 aromatic carbocycles. The van der Waals surface area contributed by atoms with Crippen LogP contribution < -0.4 is 5.32 Å². The molecule has 1 fully saturated rings. The maximum atomic E-state index is 11.2. The zero-order chi connectivity index (χ0) is 10.7. The number of benzene rings is 1. The predicted octanol–water partition coefficient (Wildman–Crippen LogP) is 1.40. The van der Waals surface area contributed by atoms with Gasteiger partial charge < -0.3 is 10.1 Å². The first-order chi connectivity index (χ1) is 7.25. The van der Waals surface area contributed by atoms with E-state index in [0.717, 1.165) is 13.0 Å². The molecule has 0 aromatic heterocycles. The number of nitrogens with one attached hydrogen (secondary N) is 1. The highest BCUT2D eigenvalue weighted by molar-refractivity contribution is 5.77. The number of aryl methyl sites for hydroxylation is 1. The lowest BCUT2D eigenvalue weighted by molar-refractivity contribution is -0.139. The molecule has 1 aromatic rings. The molecule has 1 heterocycles. The largest absolute Gasteiger partial charge is 0.464 e. The number of carbonyl (C=O) groups excluding carboxylic acids is 1. The van der Waals surface area contributed by atoms with Gasteiger partial charge in [0.1, 0.15) is 6.04 Å². The number of rotatable bonds is 3. The van der Waals surface area contributed by atoms with E-state index < -0.39 is 0 Å². The van der Waals surface area contributed by atoms with Crippen LogP contribution in [0.5, 0.6) is 0 Å². The van der Waals surface area contributed by atoms with Gasteiger partial charge in [-0.05, 0) is 12.5 Å². The van der Waals surface area contributed by atoms with Gasteiger partial charge >= 0.3 is 5.97 Å². The SMILES string of the molecule is Cc1ccc(CNC2CCOC2=O)cc1. The molecule has 2 rings (SSSR count). The number of ether oxygens (including phenoxy) is 1. The second-order valence-corrected chi connectivity index (χ2v) is 3.88. The van der Waals surface area contributed by atoms with Gasteiger partial charge in [0.15, 0.2) is 0 Å². The molecule has 1 aliphatic heterocycles. The average molecular weight is 205 g/mol. The van der Waals surface area contributed by atoms with Gasteiger partial charge in [-0.15, -0.1) is 0 Å². The van der Waals surface area contributed by atoms with Crippen LogP contribution in [0, 0.1) is 6.92 Å². The Hall–Kier alpha value is -1.35. The third-order valence-electron chi connectivity index (χ3n) is 2.61. The molecule has 0 spiro atoms. The lowest BCUT2D eigenvalue weighted by Crippen LogP contribution is -2.32. The van der Waals surface area contributed by atoms with E-state index in [1.807, 2.05) is 0 Å². The predicted molar refractivity (Wildman–Crippen MR) is 57.4 cm³/mol. The van der Waals surface area contributed by atoms with Crippen LogP contribution in [-0.4, -0.2) is 18.6 Å². The summed E-state index contributed by atoms with van der Waals surface area (Å²) in [6.45, 7) is 3.33. The summed E-state index contributed by atoms with van der Waals surface area (Å²) in [4.78, 5) is 11.2. The van der Waals surface area contributed by atoms with Gasteiger partial charge in [0.05, 0.1) is 6.61 Å². The fourth-order valence-corrected chi connectivity index (χ4v) is 1.63. The van der Waals surface area contributed by atoms with Crippen LogP contribution in [-0.2, 0) is 16.1 Å². The van der Waals surface area contributed by atoms with Crippen LogP contribution in [0.15, 0.2) is 24.3 Å².